The van der Waals surface area contributed by atoms with Crippen LogP contribution < -0.4 is 29.6 Å². The van der Waals surface area contributed by atoms with Gasteiger partial charge in [0.05, 0.1) is 24.6 Å². The summed E-state index contributed by atoms with van der Waals surface area (Å²) < 4.78 is 14.0. The smallest absolute Gasteiger partial charge is 0.793 e. The molecule has 20 heteroatoms. The van der Waals surface area contributed by atoms with Crippen molar-refractivity contribution in [2.75, 3.05) is 13.1 Å². The number of aliphatic hydroxyl groups excluding tert-OH is 1. The average molecular weight is 780 g/mol. The van der Waals surface area contributed by atoms with E-state index in [2.05, 4.69) is 35.6 Å². The van der Waals surface area contributed by atoms with Crippen molar-refractivity contribution in [3.63, 3.8) is 0 Å². The van der Waals surface area contributed by atoms with Crippen molar-refractivity contribution < 1.29 is 107 Å². The van der Waals surface area contributed by atoms with Crippen LogP contribution in [0.15, 0.2) is 25.3 Å². The van der Waals surface area contributed by atoms with Gasteiger partial charge in [-0.05, 0) is 61.3 Å². The number of β-amino-alcohol motifs (C(OH)–C–C–N with tert-alkyl or cyclic N) is 1. The number of carboxylic acids is 2. The van der Waals surface area contributed by atoms with E-state index in [1.165, 1.54) is 13.0 Å². The van der Waals surface area contributed by atoms with Crippen LogP contribution in [0.5, 0.6) is 0 Å². The number of ketones is 1. The fourth-order valence-electron chi connectivity index (χ4n) is 4.98. The molecular weight excluding hydrogens is 726 g/mol. The van der Waals surface area contributed by atoms with Crippen LogP contribution in [0.2, 0.25) is 0 Å². The van der Waals surface area contributed by atoms with Gasteiger partial charge in [-0.2, -0.15) is 0 Å². The molecule has 18 nitrogen and oxygen atoms in total. The first-order chi connectivity index (χ1) is 23.9. The summed E-state index contributed by atoms with van der Waals surface area (Å²) in [5, 5.41) is 28.9. The Labute approximate surface area is 339 Å². The van der Waals surface area contributed by atoms with E-state index < -0.39 is 82.3 Å². The number of carboxylic acid groups (broad SMARTS) is 2. The Hall–Kier alpha value is -3.94. The van der Waals surface area contributed by atoms with Gasteiger partial charge in [0.15, 0.2) is 5.78 Å². The number of hydrogen-bond donors (Lipinski definition) is 3. The van der Waals surface area contributed by atoms with Crippen molar-refractivity contribution in [2.24, 2.45) is 10.8 Å². The second-order valence-electron chi connectivity index (χ2n) is 14.3. The van der Waals surface area contributed by atoms with Gasteiger partial charge in [-0.25, -0.2) is 38.5 Å². The van der Waals surface area contributed by atoms with E-state index in [9.17, 15) is 53.7 Å². The number of allylic oxidation sites excluding steroid dienone is 2. The summed E-state index contributed by atoms with van der Waals surface area (Å²) in [5.41, 5.74) is -3.60. The molecule has 0 aliphatic carbocycles. The molecule has 3 radical (unpaired) electrons. The molecule has 0 aromatic heterocycles. The molecule has 2 amide bonds. The monoisotopic (exact) mass is 779 g/mol. The number of aliphatic hydroxyl groups is 1. The maximum Gasteiger partial charge on any atom is 1.00 e. The minimum atomic E-state index is -1.23. The molecule has 2 heterocycles. The molecule has 3 N–H and O–H groups in total. The van der Waals surface area contributed by atoms with E-state index in [0.717, 1.165) is 23.6 Å². The van der Waals surface area contributed by atoms with Crippen molar-refractivity contribution in [3.05, 3.63) is 25.3 Å². The number of carbonyl (C=O) groups is 8. The Morgan fingerprint density at radius 1 is 0.778 bits per heavy atom. The zero-order chi connectivity index (χ0) is 42.3. The van der Waals surface area contributed by atoms with E-state index >= 15 is 0 Å². The van der Waals surface area contributed by atoms with Crippen molar-refractivity contribution in [3.8, 4) is 0 Å². The van der Waals surface area contributed by atoms with Crippen LogP contribution >= 0.6 is 0 Å². The predicted molar refractivity (Wildman–Crippen MR) is 187 cm³/mol. The number of hydrogen-bond acceptors (Lipinski definition) is 14. The Bertz CT molecular complexity index is 1360. The van der Waals surface area contributed by atoms with E-state index in [1.807, 2.05) is 0 Å². The Morgan fingerprint density at radius 2 is 1.15 bits per heavy atom. The molecule has 0 unspecified atom stereocenters. The third-order valence-electron chi connectivity index (χ3n) is 7.25. The van der Waals surface area contributed by atoms with E-state index in [0.29, 0.717) is 6.42 Å². The van der Waals surface area contributed by atoms with Gasteiger partial charge < -0.3 is 37.5 Å². The Morgan fingerprint density at radius 3 is 1.44 bits per heavy atom. The largest absolute Gasteiger partial charge is 1.00 e. The summed E-state index contributed by atoms with van der Waals surface area (Å²) in [5.74, 6) is -4.41. The molecule has 2 rings (SSSR count). The fourth-order valence-corrected chi connectivity index (χ4v) is 4.98. The van der Waals surface area contributed by atoms with Crippen molar-refractivity contribution in [1.82, 2.24) is 9.80 Å². The van der Waals surface area contributed by atoms with Crippen molar-refractivity contribution in [2.45, 2.75) is 118 Å². The van der Waals surface area contributed by atoms with Crippen LogP contribution in [-0.2, 0) is 52.7 Å². The molecule has 0 bridgehead atoms. The van der Waals surface area contributed by atoms with Gasteiger partial charge >= 0.3 is 65.6 Å². The quantitative estimate of drug-likeness (QED) is 0.140. The molecular formula is C34H53BN2NaO16. The number of rotatable bonds is 6. The normalized spacial score (nSPS) is 22.8. The van der Waals surface area contributed by atoms with Crippen LogP contribution in [0, 0.1) is 10.8 Å². The first-order valence-corrected chi connectivity index (χ1v) is 16.1. The molecule has 5 atom stereocenters. The predicted octanol–water partition coefficient (Wildman–Crippen LogP) is 0.140. The molecule has 2 aliphatic rings. The minimum Gasteiger partial charge on any atom is -0.793 e. The molecule has 0 aromatic rings. The number of Topliss-reactive ketones (excluding diaryl/α,β-unsaturated/α-hetero) is 1. The summed E-state index contributed by atoms with van der Waals surface area (Å²) in [4.78, 5) is 98.2. The Balaban J connectivity index is -0.000000719. The van der Waals surface area contributed by atoms with Crippen molar-refractivity contribution in [1.29, 1.82) is 0 Å². The molecule has 299 valence electrons. The summed E-state index contributed by atoms with van der Waals surface area (Å²) in [6.45, 7) is 23.7. The second-order valence-corrected chi connectivity index (χ2v) is 14.3. The third-order valence-corrected chi connectivity index (χ3v) is 7.25. The summed E-state index contributed by atoms with van der Waals surface area (Å²) in [6.07, 6.45) is 1.09. The summed E-state index contributed by atoms with van der Waals surface area (Å²) in [7, 11) is 4.32. The van der Waals surface area contributed by atoms with Gasteiger partial charge in [-0.3, -0.25) is 19.4 Å². The number of amides is 2. The zero-order valence-electron chi connectivity index (χ0n) is 33.3. The molecule has 0 spiro atoms. The maximum atomic E-state index is 12.1. The van der Waals surface area contributed by atoms with Gasteiger partial charge in [0.2, 0.25) is 5.97 Å². The number of aliphatic carboxylic acids is 2. The van der Waals surface area contributed by atoms with Gasteiger partial charge in [0.25, 0.3) is 0 Å². The minimum absolute atomic E-state index is 0. The first-order valence-electron chi connectivity index (χ1n) is 16.1. The van der Waals surface area contributed by atoms with Crippen LogP contribution in [0.4, 0.5) is 9.59 Å². The molecule has 2 fully saturated rings. The first kappa shape index (κ1) is 54.4. The van der Waals surface area contributed by atoms with E-state index in [1.54, 1.807) is 61.5 Å². The van der Waals surface area contributed by atoms with Gasteiger partial charge in [0, 0.05) is 26.2 Å². The van der Waals surface area contributed by atoms with Crippen molar-refractivity contribution >= 4 is 55.9 Å². The number of likely N-dealkylation sites (tertiary alicyclic amines) is 2. The van der Waals surface area contributed by atoms with Crippen LogP contribution in [0.25, 0.3) is 0 Å². The van der Waals surface area contributed by atoms with E-state index in [4.69, 9.17) is 9.47 Å². The van der Waals surface area contributed by atoms with Gasteiger partial charge in [-0.1, -0.05) is 19.1 Å². The maximum absolute atomic E-state index is 12.1. The number of nitrogens with zero attached hydrogens (tertiary/aromatic N) is 2. The SMILES string of the molecule is C=CC[C@]1(C)C(=O)CN(C(=O)OC(C)(C)C)[C@@H]1C(=O)O.C=CC[C@]1(C)[C@@H](O)CN(C(=O)OC(C)(C)C)[C@@H]1C(=O)O.CC(=O)OOC(C)=O.[B-]OC(C)=O.[Na+]. The van der Waals surface area contributed by atoms with E-state index in [-0.39, 0.29) is 54.9 Å². The summed E-state index contributed by atoms with van der Waals surface area (Å²) in [6, 6.07) is -2.37. The number of carbonyl (C=O) groups excluding carboxylic acids is 6. The standard InChI is InChI=1S/C14H23NO5.C14H21NO5.C4H6O4.C2H3BO2.Na/c2*1-6-7-14(5)9(16)8-15(10(14)11(17)18)12(19)20-13(2,3)4;1-3(5)7-8-4(2)6;1-2(4)5-3;/h6,9-10,16H,1,7-8H2,2-5H3,(H,17,18);6,10H,1,7-8H2,2-5H3,(H,17,18);1-2H3;1H3;/q;;;-1;+1/t9-,10+,14+;10-,14-;;;/m01.../s1. The topological polar surface area (TPSA) is 250 Å². The molecule has 2 aliphatic heterocycles. The van der Waals surface area contributed by atoms with Gasteiger partial charge in [-0.15, -0.1) is 13.2 Å². The molecule has 2 saturated heterocycles. The summed E-state index contributed by atoms with van der Waals surface area (Å²) >= 11 is 0. The molecule has 0 aromatic carbocycles. The van der Waals surface area contributed by atoms with Crippen LogP contribution in [0.1, 0.15) is 89.0 Å². The van der Waals surface area contributed by atoms with Gasteiger partial charge in [0.1, 0.15) is 23.3 Å². The second kappa shape index (κ2) is 23.1. The molecule has 54 heavy (non-hydrogen) atoms. The van der Waals surface area contributed by atoms with Crippen LogP contribution in [-0.4, -0.2) is 123 Å². The fraction of sp³-hybridized carbons (Fsp3) is 0.647. The third kappa shape index (κ3) is 17.9. The Kier molecular flexibility index (Phi) is 23.3. The average Bonchev–Trinajstić information content (AvgIpc) is 3.40. The number of ether oxygens (including phenoxy) is 2. The van der Waals surface area contributed by atoms with Crippen LogP contribution in [0.3, 0.4) is 0 Å². The molecule has 0 saturated carbocycles. The zero-order valence-corrected chi connectivity index (χ0v) is 35.3.